The van der Waals surface area contributed by atoms with Gasteiger partial charge in [-0.05, 0) is 18.7 Å². The lowest BCUT2D eigenvalue weighted by atomic mass is 10.2. The lowest BCUT2D eigenvalue weighted by Crippen LogP contribution is -2.46. The molecule has 0 aromatic heterocycles. The number of nitrogens with one attached hydrogen (secondary N) is 1. The Morgan fingerprint density at radius 3 is 3.11 bits per heavy atom. The van der Waals surface area contributed by atoms with Crippen molar-refractivity contribution in [3.63, 3.8) is 0 Å². The summed E-state index contributed by atoms with van der Waals surface area (Å²) in [6.45, 7) is 7.14. The van der Waals surface area contributed by atoms with E-state index in [4.69, 9.17) is 16.3 Å². The Morgan fingerprint density at radius 2 is 2.37 bits per heavy atom. The average molecular weight is 287 g/mol. The molecule has 5 heteroatoms. The van der Waals surface area contributed by atoms with Crippen molar-refractivity contribution < 1.29 is 9.13 Å². The zero-order chi connectivity index (χ0) is 13.7. The van der Waals surface area contributed by atoms with Gasteiger partial charge >= 0.3 is 0 Å². The normalized spacial score (nSPS) is 20.7. The summed E-state index contributed by atoms with van der Waals surface area (Å²) in [4.78, 5) is 2.36. The van der Waals surface area contributed by atoms with Gasteiger partial charge < -0.3 is 10.1 Å². The minimum absolute atomic E-state index is 0.184. The van der Waals surface area contributed by atoms with E-state index in [9.17, 15) is 4.39 Å². The molecule has 1 saturated heterocycles. The Kier molecular flexibility index (Phi) is 5.58. The molecule has 1 aromatic rings. The Hall–Kier alpha value is -0.680. The lowest BCUT2D eigenvalue weighted by Gasteiger charge is -2.32. The van der Waals surface area contributed by atoms with Gasteiger partial charge in [0.2, 0.25) is 0 Å². The first-order chi connectivity index (χ1) is 9.19. The van der Waals surface area contributed by atoms with Crippen molar-refractivity contribution in [1.82, 2.24) is 10.2 Å². The molecular formula is C14H20ClFN2O. The number of morpholine rings is 1. The van der Waals surface area contributed by atoms with E-state index >= 15 is 0 Å². The summed E-state index contributed by atoms with van der Waals surface area (Å²) in [5.74, 6) is -0.264. The van der Waals surface area contributed by atoms with Crippen LogP contribution in [0.25, 0.3) is 0 Å². The highest BCUT2D eigenvalue weighted by Crippen LogP contribution is 2.14. The van der Waals surface area contributed by atoms with Crippen molar-refractivity contribution in [1.29, 1.82) is 0 Å². The minimum Gasteiger partial charge on any atom is -0.374 e. The lowest BCUT2D eigenvalue weighted by molar-refractivity contribution is -0.0254. The van der Waals surface area contributed by atoms with Crippen LogP contribution in [-0.2, 0) is 11.3 Å². The van der Waals surface area contributed by atoms with Crippen molar-refractivity contribution in [2.45, 2.75) is 19.6 Å². The summed E-state index contributed by atoms with van der Waals surface area (Å²) < 4.78 is 19.2. The topological polar surface area (TPSA) is 24.5 Å². The SMILES string of the molecule is CCN1CCOC(CNCc2ccc(Cl)cc2F)C1. The van der Waals surface area contributed by atoms with Crippen LogP contribution in [0.5, 0.6) is 0 Å². The smallest absolute Gasteiger partial charge is 0.129 e. The highest BCUT2D eigenvalue weighted by Gasteiger charge is 2.18. The fraction of sp³-hybridized carbons (Fsp3) is 0.571. The second kappa shape index (κ2) is 7.20. The van der Waals surface area contributed by atoms with E-state index in [1.54, 1.807) is 12.1 Å². The number of nitrogens with zero attached hydrogens (tertiary/aromatic N) is 1. The number of benzene rings is 1. The summed E-state index contributed by atoms with van der Waals surface area (Å²) in [6, 6.07) is 4.76. The molecule has 1 aliphatic rings. The fourth-order valence-corrected chi connectivity index (χ4v) is 2.38. The molecule has 1 heterocycles. The Labute approximate surface area is 118 Å². The standard InChI is InChI=1S/C14H20ClFN2O/c1-2-18-5-6-19-13(10-18)9-17-8-11-3-4-12(15)7-14(11)16/h3-4,7,13,17H,2,5-6,8-10H2,1H3. The van der Waals surface area contributed by atoms with Crippen molar-refractivity contribution in [2.75, 3.05) is 32.8 Å². The van der Waals surface area contributed by atoms with E-state index in [0.717, 1.165) is 32.8 Å². The second-order valence-corrected chi connectivity index (χ2v) is 5.19. The molecule has 19 heavy (non-hydrogen) atoms. The number of hydrogen-bond donors (Lipinski definition) is 1. The predicted octanol–water partition coefficient (Wildman–Crippen LogP) is 2.29. The van der Waals surface area contributed by atoms with Crippen molar-refractivity contribution in [3.05, 3.63) is 34.6 Å². The summed E-state index contributed by atoms with van der Waals surface area (Å²) in [5, 5.41) is 3.67. The molecule has 1 fully saturated rings. The summed E-state index contributed by atoms with van der Waals surface area (Å²) in [7, 11) is 0. The maximum absolute atomic E-state index is 13.6. The molecule has 1 aromatic carbocycles. The molecule has 1 aliphatic heterocycles. The van der Waals surface area contributed by atoms with Crippen LogP contribution in [0.3, 0.4) is 0 Å². The van der Waals surface area contributed by atoms with Gasteiger partial charge in [-0.15, -0.1) is 0 Å². The van der Waals surface area contributed by atoms with E-state index in [1.807, 2.05) is 0 Å². The first-order valence-corrected chi connectivity index (χ1v) is 7.05. The molecule has 0 spiro atoms. The van der Waals surface area contributed by atoms with E-state index in [0.29, 0.717) is 17.1 Å². The quantitative estimate of drug-likeness (QED) is 0.899. The molecule has 0 saturated carbocycles. The molecule has 0 amide bonds. The molecular weight excluding hydrogens is 267 g/mol. The highest BCUT2D eigenvalue weighted by atomic mass is 35.5. The Balaban J connectivity index is 1.76. The van der Waals surface area contributed by atoms with Gasteiger partial charge in [-0.2, -0.15) is 0 Å². The van der Waals surface area contributed by atoms with Crippen molar-refractivity contribution in [3.8, 4) is 0 Å². The first-order valence-electron chi connectivity index (χ1n) is 6.67. The van der Waals surface area contributed by atoms with Crippen molar-refractivity contribution >= 4 is 11.6 Å². The van der Waals surface area contributed by atoms with Gasteiger partial charge in [0.05, 0.1) is 12.7 Å². The van der Waals surface area contributed by atoms with Crippen LogP contribution in [-0.4, -0.2) is 43.8 Å². The molecule has 3 nitrogen and oxygen atoms in total. The number of halogens is 2. The zero-order valence-corrected chi connectivity index (χ0v) is 11.9. The van der Waals surface area contributed by atoms with Gasteiger partial charge in [-0.1, -0.05) is 24.6 Å². The van der Waals surface area contributed by atoms with Crippen LogP contribution in [0.4, 0.5) is 4.39 Å². The summed E-state index contributed by atoms with van der Waals surface area (Å²) in [5.41, 5.74) is 0.632. The van der Waals surface area contributed by atoms with Crippen molar-refractivity contribution in [2.24, 2.45) is 0 Å². The Morgan fingerprint density at radius 1 is 1.53 bits per heavy atom. The van der Waals surface area contributed by atoms with Crippen LogP contribution in [0.2, 0.25) is 5.02 Å². The van der Waals surface area contributed by atoms with E-state index in [2.05, 4.69) is 17.1 Å². The maximum Gasteiger partial charge on any atom is 0.129 e. The van der Waals surface area contributed by atoms with Gasteiger partial charge in [0.15, 0.2) is 0 Å². The maximum atomic E-state index is 13.6. The molecule has 1 unspecified atom stereocenters. The van der Waals surface area contributed by atoms with Gasteiger partial charge in [-0.3, -0.25) is 4.90 Å². The van der Waals surface area contributed by atoms with Crippen LogP contribution in [0.15, 0.2) is 18.2 Å². The average Bonchev–Trinajstić information content (AvgIpc) is 2.41. The first kappa shape index (κ1) is 14.7. The van der Waals surface area contributed by atoms with Crippen LogP contribution in [0.1, 0.15) is 12.5 Å². The molecule has 106 valence electrons. The molecule has 0 radical (unpaired) electrons. The van der Waals surface area contributed by atoms with Crippen LogP contribution in [0, 0.1) is 5.82 Å². The van der Waals surface area contributed by atoms with Gasteiger partial charge in [-0.25, -0.2) is 4.39 Å². The van der Waals surface area contributed by atoms with Gasteiger partial charge in [0.1, 0.15) is 5.82 Å². The van der Waals surface area contributed by atoms with Gasteiger partial charge in [0, 0.05) is 36.8 Å². The van der Waals surface area contributed by atoms with Crippen LogP contribution >= 0.6 is 11.6 Å². The number of rotatable bonds is 5. The molecule has 0 aliphatic carbocycles. The summed E-state index contributed by atoms with van der Waals surface area (Å²) >= 11 is 5.72. The fourth-order valence-electron chi connectivity index (χ4n) is 2.22. The third-order valence-electron chi connectivity index (χ3n) is 3.37. The molecule has 1 N–H and O–H groups in total. The van der Waals surface area contributed by atoms with Gasteiger partial charge in [0.25, 0.3) is 0 Å². The van der Waals surface area contributed by atoms with E-state index in [1.165, 1.54) is 6.07 Å². The summed E-state index contributed by atoms with van der Waals surface area (Å²) in [6.07, 6.45) is 0.184. The molecule has 1 atom stereocenters. The Bertz CT molecular complexity index is 416. The third kappa shape index (κ3) is 4.42. The zero-order valence-electron chi connectivity index (χ0n) is 11.2. The monoisotopic (exact) mass is 286 g/mol. The van der Waals surface area contributed by atoms with Crippen LogP contribution < -0.4 is 5.32 Å². The number of ether oxygens (including phenoxy) is 1. The second-order valence-electron chi connectivity index (χ2n) is 4.75. The third-order valence-corrected chi connectivity index (χ3v) is 3.61. The highest BCUT2D eigenvalue weighted by molar-refractivity contribution is 6.30. The molecule has 2 rings (SSSR count). The molecule has 0 bridgehead atoms. The van der Waals surface area contributed by atoms with E-state index < -0.39 is 0 Å². The number of hydrogen-bond acceptors (Lipinski definition) is 3. The largest absolute Gasteiger partial charge is 0.374 e. The van der Waals surface area contributed by atoms with E-state index in [-0.39, 0.29) is 11.9 Å². The predicted molar refractivity (Wildman–Crippen MR) is 75.0 cm³/mol. The number of likely N-dealkylation sites (N-methyl/N-ethyl adjacent to an activating group) is 1. The minimum atomic E-state index is -0.264.